The summed E-state index contributed by atoms with van der Waals surface area (Å²) in [7, 11) is 0. The van der Waals surface area contributed by atoms with E-state index in [9.17, 15) is 9.18 Å². The largest absolute Gasteiger partial charge is 0.398 e. The number of nitrogen functional groups attached to an aromatic ring is 1. The molecule has 0 aliphatic rings. The Bertz CT molecular complexity index is 598. The molecule has 18 heavy (non-hydrogen) atoms. The molecule has 0 aliphatic carbocycles. The van der Waals surface area contributed by atoms with Crippen molar-refractivity contribution in [2.24, 2.45) is 0 Å². The topological polar surface area (TPSA) is 43.1 Å². The molecule has 0 saturated heterocycles. The van der Waals surface area contributed by atoms with Gasteiger partial charge in [-0.05, 0) is 45.8 Å². The third-order valence-electron chi connectivity index (χ3n) is 2.63. The number of hydrogen-bond acceptors (Lipinski definition) is 2. The second-order valence-corrected chi connectivity index (χ2v) is 4.78. The van der Waals surface area contributed by atoms with Gasteiger partial charge in [0.15, 0.2) is 5.78 Å². The van der Waals surface area contributed by atoms with Crippen molar-refractivity contribution in [3.8, 4) is 0 Å². The van der Waals surface area contributed by atoms with Gasteiger partial charge in [-0.25, -0.2) is 4.39 Å². The highest BCUT2D eigenvalue weighted by molar-refractivity contribution is 9.10. The molecule has 2 aromatic carbocycles. The molecule has 0 spiro atoms. The van der Waals surface area contributed by atoms with Crippen LogP contribution < -0.4 is 5.73 Å². The molecule has 0 atom stereocenters. The molecule has 2 rings (SSSR count). The van der Waals surface area contributed by atoms with Crippen LogP contribution in [0, 0.1) is 5.82 Å². The fourth-order valence-corrected chi connectivity index (χ4v) is 2.00. The maximum Gasteiger partial charge on any atom is 0.167 e. The van der Waals surface area contributed by atoms with Gasteiger partial charge in [-0.15, -0.1) is 0 Å². The minimum absolute atomic E-state index is 0.0447. The predicted molar refractivity (Wildman–Crippen MR) is 73.0 cm³/mol. The number of nitrogens with two attached hydrogens (primary N) is 1. The van der Waals surface area contributed by atoms with E-state index in [1.54, 1.807) is 36.4 Å². The van der Waals surface area contributed by atoms with Gasteiger partial charge in [-0.1, -0.05) is 18.2 Å². The summed E-state index contributed by atoms with van der Waals surface area (Å²) in [6.45, 7) is 0. The van der Waals surface area contributed by atoms with Crippen LogP contribution in [0.1, 0.15) is 15.9 Å². The minimum Gasteiger partial charge on any atom is -0.398 e. The van der Waals surface area contributed by atoms with Gasteiger partial charge >= 0.3 is 0 Å². The number of halogens is 2. The van der Waals surface area contributed by atoms with Crippen molar-refractivity contribution in [2.75, 3.05) is 5.73 Å². The number of ketones is 1. The van der Waals surface area contributed by atoms with Gasteiger partial charge in [0.2, 0.25) is 0 Å². The summed E-state index contributed by atoms with van der Waals surface area (Å²) in [6, 6.07) is 11.2. The van der Waals surface area contributed by atoms with E-state index in [2.05, 4.69) is 15.9 Å². The lowest BCUT2D eigenvalue weighted by Crippen LogP contribution is -2.05. The quantitative estimate of drug-likeness (QED) is 0.695. The first-order chi connectivity index (χ1) is 8.58. The first kappa shape index (κ1) is 12.8. The van der Waals surface area contributed by atoms with Crippen LogP contribution in [0.15, 0.2) is 46.9 Å². The van der Waals surface area contributed by atoms with Gasteiger partial charge < -0.3 is 5.73 Å². The van der Waals surface area contributed by atoms with Crippen LogP contribution in [-0.4, -0.2) is 5.78 Å². The van der Waals surface area contributed by atoms with Crippen LogP contribution in [0.2, 0.25) is 0 Å². The van der Waals surface area contributed by atoms with Crippen LogP contribution >= 0.6 is 15.9 Å². The van der Waals surface area contributed by atoms with E-state index < -0.39 is 0 Å². The van der Waals surface area contributed by atoms with E-state index >= 15 is 0 Å². The standard InChI is InChI=1S/C14H11BrFNO/c15-11-7-10(5-6-13(11)17)14(18)8-9-3-1-2-4-12(9)16/h1-7H,8,17H2. The molecule has 92 valence electrons. The number of carbonyl (C=O) groups excluding carboxylic acids is 1. The Morgan fingerprint density at radius 3 is 2.61 bits per heavy atom. The molecule has 0 unspecified atom stereocenters. The van der Waals surface area contributed by atoms with Gasteiger partial charge in [-0.3, -0.25) is 4.79 Å². The average Bonchev–Trinajstić information content (AvgIpc) is 2.35. The SMILES string of the molecule is Nc1ccc(C(=O)Cc2ccccc2F)cc1Br. The monoisotopic (exact) mass is 307 g/mol. The molecule has 0 heterocycles. The number of rotatable bonds is 3. The fraction of sp³-hybridized carbons (Fsp3) is 0.0714. The summed E-state index contributed by atoms with van der Waals surface area (Å²) < 4.78 is 14.1. The van der Waals surface area contributed by atoms with Crippen LogP contribution in [0.4, 0.5) is 10.1 Å². The van der Waals surface area contributed by atoms with Gasteiger partial charge in [0.1, 0.15) is 5.82 Å². The van der Waals surface area contributed by atoms with Crippen molar-refractivity contribution in [1.82, 2.24) is 0 Å². The van der Waals surface area contributed by atoms with Gasteiger partial charge in [0.05, 0.1) is 0 Å². The molecule has 0 radical (unpaired) electrons. The molecular weight excluding hydrogens is 297 g/mol. The van der Waals surface area contributed by atoms with Crippen LogP contribution in [-0.2, 0) is 6.42 Å². The summed E-state index contributed by atoms with van der Waals surface area (Å²) in [5.74, 6) is -0.499. The molecule has 2 N–H and O–H groups in total. The summed E-state index contributed by atoms with van der Waals surface area (Å²) in [4.78, 5) is 12.0. The third kappa shape index (κ3) is 2.76. The Morgan fingerprint density at radius 1 is 1.22 bits per heavy atom. The maximum absolute atomic E-state index is 13.4. The molecule has 0 saturated carbocycles. The highest BCUT2D eigenvalue weighted by atomic mass is 79.9. The highest BCUT2D eigenvalue weighted by Gasteiger charge is 2.11. The first-order valence-corrected chi connectivity index (χ1v) is 6.19. The predicted octanol–water partition coefficient (Wildman–Crippen LogP) is 3.60. The molecule has 0 aliphatic heterocycles. The zero-order chi connectivity index (χ0) is 13.1. The van der Waals surface area contributed by atoms with Crippen molar-refractivity contribution in [3.05, 3.63) is 63.9 Å². The normalized spacial score (nSPS) is 10.3. The Kier molecular flexibility index (Phi) is 3.77. The summed E-state index contributed by atoms with van der Waals surface area (Å²) >= 11 is 3.26. The molecule has 2 nitrogen and oxygen atoms in total. The maximum atomic E-state index is 13.4. The molecule has 2 aromatic rings. The fourth-order valence-electron chi connectivity index (χ4n) is 1.62. The third-order valence-corrected chi connectivity index (χ3v) is 3.32. The second-order valence-electron chi connectivity index (χ2n) is 3.93. The average molecular weight is 308 g/mol. The van der Waals surface area contributed by atoms with Gasteiger partial charge in [0.25, 0.3) is 0 Å². The van der Waals surface area contributed by atoms with E-state index in [1.807, 2.05) is 0 Å². The molecule has 0 aromatic heterocycles. The van der Waals surface area contributed by atoms with E-state index in [4.69, 9.17) is 5.73 Å². The Labute approximate surface area is 113 Å². The highest BCUT2D eigenvalue weighted by Crippen LogP contribution is 2.21. The van der Waals surface area contributed by atoms with E-state index in [0.29, 0.717) is 21.3 Å². The van der Waals surface area contributed by atoms with Crippen molar-refractivity contribution in [1.29, 1.82) is 0 Å². The lowest BCUT2D eigenvalue weighted by molar-refractivity contribution is 0.0992. The number of anilines is 1. The Hall–Kier alpha value is -1.68. The van der Waals surface area contributed by atoms with Crippen molar-refractivity contribution >= 4 is 27.4 Å². The van der Waals surface area contributed by atoms with Crippen LogP contribution in [0.25, 0.3) is 0 Å². The van der Waals surface area contributed by atoms with Crippen molar-refractivity contribution in [3.63, 3.8) is 0 Å². The van der Waals surface area contributed by atoms with E-state index in [0.717, 1.165) is 0 Å². The van der Waals surface area contributed by atoms with Gasteiger partial charge in [-0.2, -0.15) is 0 Å². The molecular formula is C14H11BrFNO. The van der Waals surface area contributed by atoms with E-state index in [1.165, 1.54) is 6.07 Å². The van der Waals surface area contributed by atoms with Gasteiger partial charge in [0, 0.05) is 22.1 Å². The molecule has 0 fully saturated rings. The second kappa shape index (κ2) is 5.31. The smallest absolute Gasteiger partial charge is 0.167 e. The minimum atomic E-state index is -0.361. The molecule has 4 heteroatoms. The number of hydrogen-bond donors (Lipinski definition) is 1. The first-order valence-electron chi connectivity index (χ1n) is 5.39. The Morgan fingerprint density at radius 2 is 1.94 bits per heavy atom. The lowest BCUT2D eigenvalue weighted by atomic mass is 10.0. The number of Topliss-reactive ketones (excluding diaryl/α,β-unsaturated/α-hetero) is 1. The van der Waals surface area contributed by atoms with Crippen molar-refractivity contribution in [2.45, 2.75) is 6.42 Å². The summed E-state index contributed by atoms with van der Waals surface area (Å²) in [6.07, 6.45) is 0.0447. The van der Waals surface area contributed by atoms with Crippen molar-refractivity contribution < 1.29 is 9.18 Å². The van der Waals surface area contributed by atoms with E-state index in [-0.39, 0.29) is 18.0 Å². The molecule has 0 amide bonds. The van der Waals surface area contributed by atoms with Crippen LogP contribution in [0.5, 0.6) is 0 Å². The summed E-state index contributed by atoms with van der Waals surface area (Å²) in [5.41, 5.74) is 7.13. The number of carbonyl (C=O) groups is 1. The van der Waals surface area contributed by atoms with Crippen LogP contribution in [0.3, 0.4) is 0 Å². The zero-order valence-electron chi connectivity index (χ0n) is 9.49. The lowest BCUT2D eigenvalue weighted by Gasteiger charge is -2.04. The zero-order valence-corrected chi connectivity index (χ0v) is 11.1. The Balaban J connectivity index is 2.22. The molecule has 0 bridgehead atoms. The summed E-state index contributed by atoms with van der Waals surface area (Å²) in [5, 5.41) is 0. The number of benzene rings is 2.